The fourth-order valence-electron chi connectivity index (χ4n) is 2.03. The van der Waals surface area contributed by atoms with Gasteiger partial charge < -0.3 is 14.8 Å². The number of rotatable bonds is 6. The Morgan fingerprint density at radius 2 is 1.79 bits per heavy atom. The summed E-state index contributed by atoms with van der Waals surface area (Å²) in [5.74, 6) is 0.472. The molecule has 1 fully saturated rings. The zero-order valence-electron chi connectivity index (χ0n) is 13.3. The average Bonchev–Trinajstić information content (AvgIpc) is 3.29. The summed E-state index contributed by atoms with van der Waals surface area (Å²) in [4.78, 5) is 28.4. The predicted molar refractivity (Wildman–Crippen MR) is 90.1 cm³/mol. The highest BCUT2D eigenvalue weighted by Gasteiger charge is 2.25. The van der Waals surface area contributed by atoms with Crippen molar-refractivity contribution in [2.24, 2.45) is 0 Å². The number of carbonyl (C=O) groups excluding carboxylic acids is 2. The Morgan fingerprint density at radius 1 is 1.12 bits per heavy atom. The van der Waals surface area contributed by atoms with Crippen LogP contribution < -0.4 is 20.1 Å². The molecule has 0 spiro atoms. The highest BCUT2D eigenvalue weighted by molar-refractivity contribution is 7.14. The molecule has 0 aliphatic heterocycles. The summed E-state index contributed by atoms with van der Waals surface area (Å²) in [5, 5.41) is 7.53. The van der Waals surface area contributed by atoms with E-state index in [4.69, 9.17) is 9.47 Å². The Labute approximate surface area is 143 Å². The Hall–Kier alpha value is -2.61. The zero-order valence-corrected chi connectivity index (χ0v) is 14.1. The largest absolute Gasteiger partial charge is 0.497 e. The van der Waals surface area contributed by atoms with Crippen LogP contribution in [0.4, 0.5) is 5.13 Å². The van der Waals surface area contributed by atoms with Gasteiger partial charge in [0.1, 0.15) is 17.2 Å². The van der Waals surface area contributed by atoms with Gasteiger partial charge in [-0.3, -0.25) is 14.9 Å². The first-order chi connectivity index (χ1) is 11.6. The number of carbonyl (C=O) groups is 2. The van der Waals surface area contributed by atoms with Crippen LogP contribution in [0.25, 0.3) is 0 Å². The fraction of sp³-hybridized carbons (Fsp3) is 0.312. The number of benzene rings is 1. The van der Waals surface area contributed by atoms with Crippen molar-refractivity contribution in [3.05, 3.63) is 34.8 Å². The Morgan fingerprint density at radius 3 is 2.38 bits per heavy atom. The van der Waals surface area contributed by atoms with Gasteiger partial charge in [-0.15, -0.1) is 11.3 Å². The van der Waals surface area contributed by atoms with E-state index in [1.807, 2.05) is 0 Å². The number of methoxy groups -OCH3 is 2. The van der Waals surface area contributed by atoms with Gasteiger partial charge in [0.25, 0.3) is 11.8 Å². The van der Waals surface area contributed by atoms with Crippen molar-refractivity contribution in [2.75, 3.05) is 19.5 Å². The van der Waals surface area contributed by atoms with E-state index in [9.17, 15) is 9.59 Å². The molecule has 0 unspecified atom stereocenters. The molecule has 0 saturated heterocycles. The van der Waals surface area contributed by atoms with Crippen molar-refractivity contribution < 1.29 is 19.1 Å². The number of nitrogens with zero attached hydrogens (tertiary/aromatic N) is 1. The van der Waals surface area contributed by atoms with Crippen LogP contribution in [-0.2, 0) is 0 Å². The fourth-order valence-corrected chi connectivity index (χ4v) is 2.72. The van der Waals surface area contributed by atoms with E-state index >= 15 is 0 Å². The molecular weight excluding hydrogens is 330 g/mol. The third-order valence-corrected chi connectivity index (χ3v) is 4.24. The van der Waals surface area contributed by atoms with Crippen LogP contribution in [-0.4, -0.2) is 37.1 Å². The van der Waals surface area contributed by atoms with Crippen LogP contribution in [0.5, 0.6) is 11.5 Å². The number of thiazole rings is 1. The highest BCUT2D eigenvalue weighted by Crippen LogP contribution is 2.24. The minimum Gasteiger partial charge on any atom is -0.497 e. The molecule has 2 N–H and O–H groups in total. The molecule has 2 aromatic rings. The van der Waals surface area contributed by atoms with Gasteiger partial charge >= 0.3 is 0 Å². The van der Waals surface area contributed by atoms with E-state index in [-0.39, 0.29) is 17.9 Å². The molecule has 1 aliphatic rings. The van der Waals surface area contributed by atoms with E-state index in [0.29, 0.717) is 27.9 Å². The topological polar surface area (TPSA) is 89.6 Å². The molecule has 8 heteroatoms. The third kappa shape index (κ3) is 3.83. The number of anilines is 1. The van der Waals surface area contributed by atoms with Gasteiger partial charge in [0.05, 0.1) is 14.2 Å². The van der Waals surface area contributed by atoms with Gasteiger partial charge in [0.2, 0.25) is 0 Å². The molecule has 3 rings (SSSR count). The molecule has 1 aromatic carbocycles. The summed E-state index contributed by atoms with van der Waals surface area (Å²) in [6.45, 7) is 0. The Bertz CT molecular complexity index is 748. The van der Waals surface area contributed by atoms with Crippen LogP contribution in [0.3, 0.4) is 0 Å². The maximum absolute atomic E-state index is 12.4. The predicted octanol–water partition coefficient (Wildman–Crippen LogP) is 2.30. The van der Waals surface area contributed by atoms with Crippen LogP contribution >= 0.6 is 11.3 Å². The number of aromatic nitrogens is 1. The van der Waals surface area contributed by atoms with Gasteiger partial charge in [-0.2, -0.15) is 0 Å². The van der Waals surface area contributed by atoms with Crippen LogP contribution in [0.1, 0.15) is 33.7 Å². The molecule has 0 atom stereocenters. The lowest BCUT2D eigenvalue weighted by molar-refractivity contribution is 0.0945. The van der Waals surface area contributed by atoms with E-state index in [2.05, 4.69) is 15.6 Å². The van der Waals surface area contributed by atoms with Crippen molar-refractivity contribution >= 4 is 28.3 Å². The van der Waals surface area contributed by atoms with Gasteiger partial charge in [-0.25, -0.2) is 4.98 Å². The minimum atomic E-state index is -0.351. The number of nitrogens with one attached hydrogen (secondary N) is 2. The molecule has 1 aromatic heterocycles. The summed E-state index contributed by atoms with van der Waals surface area (Å²) in [5.41, 5.74) is 0.691. The molecule has 0 radical (unpaired) electrons. The maximum Gasteiger partial charge on any atom is 0.271 e. The summed E-state index contributed by atoms with van der Waals surface area (Å²) < 4.78 is 10.3. The van der Waals surface area contributed by atoms with E-state index in [1.54, 1.807) is 23.6 Å². The van der Waals surface area contributed by atoms with Gasteiger partial charge in [0, 0.05) is 23.1 Å². The summed E-state index contributed by atoms with van der Waals surface area (Å²) in [6.07, 6.45) is 2.02. The Balaban J connectivity index is 1.70. The van der Waals surface area contributed by atoms with Gasteiger partial charge in [0.15, 0.2) is 5.13 Å². The van der Waals surface area contributed by atoms with E-state index < -0.39 is 0 Å². The van der Waals surface area contributed by atoms with Gasteiger partial charge in [-0.1, -0.05) is 0 Å². The van der Waals surface area contributed by atoms with Crippen molar-refractivity contribution in [3.63, 3.8) is 0 Å². The second-order valence-electron chi connectivity index (χ2n) is 5.34. The van der Waals surface area contributed by atoms with Crippen molar-refractivity contribution in [2.45, 2.75) is 18.9 Å². The average molecular weight is 347 g/mol. The lowest BCUT2D eigenvalue weighted by Crippen LogP contribution is -2.25. The number of ether oxygens (including phenoxy) is 2. The molecule has 1 aliphatic carbocycles. The SMILES string of the molecule is COc1cc(OC)cc(C(=O)Nc2nc(C(=O)NC3CC3)cs2)c1. The van der Waals surface area contributed by atoms with Crippen molar-refractivity contribution in [1.29, 1.82) is 0 Å². The Kier molecular flexibility index (Phi) is 4.66. The molecule has 7 nitrogen and oxygen atoms in total. The second kappa shape index (κ2) is 6.88. The summed E-state index contributed by atoms with van der Waals surface area (Å²) in [6, 6.07) is 5.15. The van der Waals surface area contributed by atoms with Crippen LogP contribution in [0.2, 0.25) is 0 Å². The monoisotopic (exact) mass is 347 g/mol. The lowest BCUT2D eigenvalue weighted by Gasteiger charge is -2.08. The third-order valence-electron chi connectivity index (χ3n) is 3.48. The van der Waals surface area contributed by atoms with Gasteiger partial charge in [-0.05, 0) is 25.0 Å². The number of hydrogen-bond donors (Lipinski definition) is 2. The lowest BCUT2D eigenvalue weighted by atomic mass is 10.2. The summed E-state index contributed by atoms with van der Waals surface area (Å²) >= 11 is 1.20. The highest BCUT2D eigenvalue weighted by atomic mass is 32.1. The number of amides is 2. The maximum atomic E-state index is 12.4. The first kappa shape index (κ1) is 16.3. The smallest absolute Gasteiger partial charge is 0.271 e. The molecule has 126 valence electrons. The molecule has 0 bridgehead atoms. The first-order valence-corrected chi connectivity index (χ1v) is 8.28. The molecule has 2 amide bonds. The molecule has 24 heavy (non-hydrogen) atoms. The normalized spacial score (nSPS) is 13.2. The van der Waals surface area contributed by atoms with Crippen molar-refractivity contribution in [3.8, 4) is 11.5 Å². The number of hydrogen-bond acceptors (Lipinski definition) is 6. The van der Waals surface area contributed by atoms with E-state index in [1.165, 1.54) is 25.6 Å². The zero-order chi connectivity index (χ0) is 17.1. The quantitative estimate of drug-likeness (QED) is 0.837. The molecule has 1 heterocycles. The second-order valence-corrected chi connectivity index (χ2v) is 6.20. The summed E-state index contributed by atoms with van der Waals surface area (Å²) in [7, 11) is 3.03. The van der Waals surface area contributed by atoms with Crippen molar-refractivity contribution in [1.82, 2.24) is 10.3 Å². The van der Waals surface area contributed by atoms with E-state index in [0.717, 1.165) is 12.8 Å². The van der Waals surface area contributed by atoms with Crippen LogP contribution in [0.15, 0.2) is 23.6 Å². The molecule has 1 saturated carbocycles. The van der Waals surface area contributed by atoms with Crippen LogP contribution in [0, 0.1) is 0 Å². The first-order valence-electron chi connectivity index (χ1n) is 7.40. The standard InChI is InChI=1S/C16H17N3O4S/c1-22-11-5-9(6-12(7-11)23-2)14(20)19-16-18-13(8-24-16)15(21)17-10-3-4-10/h5-8,10H,3-4H2,1-2H3,(H,17,21)(H,18,19,20). The molecular formula is C16H17N3O4S. The minimum absolute atomic E-state index is 0.211.